The van der Waals surface area contributed by atoms with Gasteiger partial charge in [0, 0.05) is 24.1 Å². The largest absolute Gasteiger partial charge is 0.346 e. The van der Waals surface area contributed by atoms with E-state index in [9.17, 15) is 13.2 Å². The van der Waals surface area contributed by atoms with Gasteiger partial charge in [0.1, 0.15) is 4.90 Å². The molecule has 8 heteroatoms. The minimum atomic E-state index is -3.73. The third-order valence-corrected chi connectivity index (χ3v) is 6.49. The fourth-order valence-electron chi connectivity index (χ4n) is 2.15. The summed E-state index contributed by atoms with van der Waals surface area (Å²) >= 11 is 9.37. The fourth-order valence-corrected chi connectivity index (χ4v) is 3.81. The van der Waals surface area contributed by atoms with Gasteiger partial charge in [-0.3, -0.25) is 4.79 Å². The van der Waals surface area contributed by atoms with Gasteiger partial charge in [0.15, 0.2) is 0 Å². The standard InChI is InChI=1S/C17H18BrClN2O3S/c1-11(12-4-7-14(18)8-5-12)20-17(22)13-6-9-15(19)16(10-13)25(23,24)21(2)3/h4-11H,1-3H3,(H,20,22). The number of rotatable bonds is 5. The number of carbonyl (C=O) groups excluding carboxylic acids is 1. The molecule has 0 aliphatic carbocycles. The van der Waals surface area contributed by atoms with Crippen LogP contribution in [0.4, 0.5) is 0 Å². The highest BCUT2D eigenvalue weighted by Crippen LogP contribution is 2.25. The molecule has 0 aliphatic rings. The van der Waals surface area contributed by atoms with Gasteiger partial charge in [-0.05, 0) is 42.8 Å². The lowest BCUT2D eigenvalue weighted by molar-refractivity contribution is 0.0939. The molecule has 1 atom stereocenters. The number of nitrogens with zero attached hydrogens (tertiary/aromatic N) is 1. The third kappa shape index (κ3) is 4.61. The summed E-state index contributed by atoms with van der Waals surface area (Å²) in [5.74, 6) is -0.373. The molecule has 0 radical (unpaired) electrons. The van der Waals surface area contributed by atoms with Gasteiger partial charge < -0.3 is 5.32 Å². The van der Waals surface area contributed by atoms with Crippen LogP contribution in [0.15, 0.2) is 51.8 Å². The minimum Gasteiger partial charge on any atom is -0.346 e. The Kier molecular flexibility index (Phi) is 6.26. The maximum atomic E-state index is 12.5. The Morgan fingerprint density at radius 3 is 2.32 bits per heavy atom. The maximum Gasteiger partial charge on any atom is 0.251 e. The molecule has 2 aromatic rings. The third-order valence-electron chi connectivity index (χ3n) is 3.67. The number of benzene rings is 2. The van der Waals surface area contributed by atoms with E-state index in [0.29, 0.717) is 0 Å². The zero-order valence-corrected chi connectivity index (χ0v) is 17.1. The normalized spacial score (nSPS) is 12.9. The second-order valence-corrected chi connectivity index (χ2v) is 9.12. The zero-order chi connectivity index (χ0) is 18.8. The van der Waals surface area contributed by atoms with Crippen molar-refractivity contribution in [2.45, 2.75) is 17.9 Å². The molecule has 0 spiro atoms. The number of hydrogen-bond donors (Lipinski definition) is 1. The van der Waals surface area contributed by atoms with Crippen LogP contribution in [0.25, 0.3) is 0 Å². The van der Waals surface area contributed by atoms with E-state index in [2.05, 4.69) is 21.2 Å². The summed E-state index contributed by atoms with van der Waals surface area (Å²) in [6.07, 6.45) is 0. The Morgan fingerprint density at radius 2 is 1.76 bits per heavy atom. The van der Waals surface area contributed by atoms with Crippen LogP contribution in [0.3, 0.4) is 0 Å². The van der Waals surface area contributed by atoms with Crippen molar-refractivity contribution < 1.29 is 13.2 Å². The molecule has 2 rings (SSSR count). The summed E-state index contributed by atoms with van der Waals surface area (Å²) in [5.41, 5.74) is 1.17. The first kappa shape index (κ1) is 19.9. The Labute approximate surface area is 161 Å². The predicted octanol–water partition coefficient (Wildman–Crippen LogP) is 3.84. The summed E-state index contributed by atoms with van der Waals surface area (Å²) < 4.78 is 26.6. The average Bonchev–Trinajstić information content (AvgIpc) is 2.55. The van der Waals surface area contributed by atoms with Crippen LogP contribution in [-0.4, -0.2) is 32.7 Å². The highest BCUT2D eigenvalue weighted by Gasteiger charge is 2.23. The summed E-state index contributed by atoms with van der Waals surface area (Å²) in [4.78, 5) is 12.4. The second kappa shape index (κ2) is 7.86. The second-order valence-electron chi connectivity index (χ2n) is 5.68. The Balaban J connectivity index is 2.27. The Morgan fingerprint density at radius 1 is 1.16 bits per heavy atom. The summed E-state index contributed by atoms with van der Waals surface area (Å²) in [6.45, 7) is 1.86. The van der Waals surface area contributed by atoms with Crippen LogP contribution in [0.5, 0.6) is 0 Å². The quantitative estimate of drug-likeness (QED) is 0.760. The molecular weight excluding hydrogens is 428 g/mol. The molecule has 0 aliphatic heterocycles. The van der Waals surface area contributed by atoms with Crippen LogP contribution in [0, 0.1) is 0 Å². The van der Waals surface area contributed by atoms with Crippen LogP contribution < -0.4 is 5.32 Å². The zero-order valence-electron chi connectivity index (χ0n) is 14.0. The van der Waals surface area contributed by atoms with Gasteiger partial charge >= 0.3 is 0 Å². The predicted molar refractivity (Wildman–Crippen MR) is 102 cm³/mol. The molecule has 0 saturated carbocycles. The monoisotopic (exact) mass is 444 g/mol. The number of hydrogen-bond acceptors (Lipinski definition) is 3. The van der Waals surface area contributed by atoms with Gasteiger partial charge in [0.05, 0.1) is 11.1 Å². The number of amides is 1. The van der Waals surface area contributed by atoms with Crippen LogP contribution in [0.2, 0.25) is 5.02 Å². The van der Waals surface area contributed by atoms with Gasteiger partial charge in [-0.25, -0.2) is 12.7 Å². The lowest BCUT2D eigenvalue weighted by Gasteiger charge is -2.16. The molecule has 0 saturated heterocycles. The van der Waals surface area contributed by atoms with Crippen molar-refractivity contribution in [2.75, 3.05) is 14.1 Å². The van der Waals surface area contributed by atoms with Crippen LogP contribution in [0.1, 0.15) is 28.9 Å². The number of halogens is 2. The molecular formula is C17H18BrClN2O3S. The first-order valence-electron chi connectivity index (χ1n) is 7.41. The fraction of sp³-hybridized carbons (Fsp3) is 0.235. The van der Waals surface area contributed by atoms with Crippen molar-refractivity contribution >= 4 is 43.5 Å². The molecule has 2 aromatic carbocycles. The molecule has 1 amide bonds. The molecule has 0 heterocycles. The topological polar surface area (TPSA) is 66.5 Å². The number of nitrogens with one attached hydrogen (secondary N) is 1. The highest BCUT2D eigenvalue weighted by molar-refractivity contribution is 9.10. The van der Waals surface area contributed by atoms with E-state index in [-0.39, 0.29) is 27.4 Å². The van der Waals surface area contributed by atoms with Gasteiger partial charge in [-0.1, -0.05) is 39.7 Å². The smallest absolute Gasteiger partial charge is 0.251 e. The van der Waals surface area contributed by atoms with E-state index in [1.165, 1.54) is 32.3 Å². The lowest BCUT2D eigenvalue weighted by Crippen LogP contribution is -2.27. The van der Waals surface area contributed by atoms with Gasteiger partial charge in [-0.2, -0.15) is 0 Å². The average molecular weight is 446 g/mol. The first-order valence-corrected chi connectivity index (χ1v) is 10.0. The molecule has 25 heavy (non-hydrogen) atoms. The van der Waals surface area contributed by atoms with Gasteiger partial charge in [0.2, 0.25) is 10.0 Å². The van der Waals surface area contributed by atoms with E-state index in [1.807, 2.05) is 31.2 Å². The molecule has 0 bridgehead atoms. The van der Waals surface area contributed by atoms with E-state index < -0.39 is 10.0 Å². The summed E-state index contributed by atoms with van der Waals surface area (Å²) in [7, 11) is -0.911. The van der Waals surface area contributed by atoms with Crippen molar-refractivity contribution in [1.29, 1.82) is 0 Å². The Hall–Kier alpha value is -1.41. The molecule has 0 fully saturated rings. The SMILES string of the molecule is CC(NC(=O)c1ccc(Cl)c(S(=O)(=O)N(C)C)c1)c1ccc(Br)cc1. The van der Waals surface area contributed by atoms with Crippen molar-refractivity contribution in [1.82, 2.24) is 9.62 Å². The maximum absolute atomic E-state index is 12.5. The van der Waals surface area contributed by atoms with Crippen molar-refractivity contribution in [3.05, 3.63) is 63.1 Å². The van der Waals surface area contributed by atoms with Crippen molar-refractivity contribution in [2.24, 2.45) is 0 Å². The summed E-state index contributed by atoms with van der Waals surface area (Å²) in [5, 5.41) is 2.93. The van der Waals surface area contributed by atoms with E-state index in [0.717, 1.165) is 14.3 Å². The Bertz CT molecular complexity index is 883. The van der Waals surface area contributed by atoms with Crippen molar-refractivity contribution in [3.8, 4) is 0 Å². The molecule has 134 valence electrons. The molecule has 0 aromatic heterocycles. The minimum absolute atomic E-state index is 0.0752. The van der Waals surface area contributed by atoms with Crippen LogP contribution in [-0.2, 0) is 10.0 Å². The molecule has 1 N–H and O–H groups in total. The van der Waals surface area contributed by atoms with E-state index in [4.69, 9.17) is 11.6 Å². The van der Waals surface area contributed by atoms with Gasteiger partial charge in [-0.15, -0.1) is 0 Å². The van der Waals surface area contributed by atoms with Gasteiger partial charge in [0.25, 0.3) is 5.91 Å². The number of carbonyl (C=O) groups is 1. The lowest BCUT2D eigenvalue weighted by atomic mass is 10.1. The first-order chi connectivity index (χ1) is 11.6. The number of sulfonamides is 1. The molecule has 5 nitrogen and oxygen atoms in total. The van der Waals surface area contributed by atoms with E-state index >= 15 is 0 Å². The molecule has 1 unspecified atom stereocenters. The summed E-state index contributed by atoms with van der Waals surface area (Å²) in [6, 6.07) is 11.6. The van der Waals surface area contributed by atoms with Crippen molar-refractivity contribution in [3.63, 3.8) is 0 Å². The van der Waals surface area contributed by atoms with Crippen LogP contribution >= 0.6 is 27.5 Å². The van der Waals surface area contributed by atoms with E-state index in [1.54, 1.807) is 0 Å². The highest BCUT2D eigenvalue weighted by atomic mass is 79.9.